The van der Waals surface area contributed by atoms with Crippen LogP contribution in [0.3, 0.4) is 0 Å². The highest BCUT2D eigenvalue weighted by molar-refractivity contribution is 7.89. The molecule has 0 aromatic heterocycles. The number of sulfonamides is 1. The summed E-state index contributed by atoms with van der Waals surface area (Å²) in [6.07, 6.45) is 2.53. The van der Waals surface area contributed by atoms with Crippen LogP contribution in [-0.4, -0.2) is 46.7 Å². The van der Waals surface area contributed by atoms with Gasteiger partial charge in [-0.25, -0.2) is 13.1 Å². The highest BCUT2D eigenvalue weighted by atomic mass is 35.5. The third-order valence-electron chi connectivity index (χ3n) is 3.96. The Bertz CT molecular complexity index is 715. The zero-order valence-electron chi connectivity index (χ0n) is 15.4. The maximum atomic E-state index is 12.3. The molecule has 0 unspecified atom stereocenters. The van der Waals surface area contributed by atoms with Gasteiger partial charge in [-0.15, -0.1) is 12.4 Å². The predicted octanol–water partition coefficient (Wildman–Crippen LogP) is 1.18. The molecule has 1 amide bonds. The van der Waals surface area contributed by atoms with Gasteiger partial charge in [-0.05, 0) is 31.9 Å². The average Bonchev–Trinajstić information content (AvgIpc) is 2.63. The van der Waals surface area contributed by atoms with Crippen molar-refractivity contribution in [2.45, 2.75) is 43.5 Å². The fourth-order valence-electron chi connectivity index (χ4n) is 2.47. The van der Waals surface area contributed by atoms with Crippen molar-refractivity contribution in [1.82, 2.24) is 10.0 Å². The molecule has 0 spiro atoms. The standard InChI is InChI=1S/C17H27N3O5S.ClH/c1-13(12-18)20-17(21)5-3-2-4-8-19-26(22,23)14-6-7-15-16(11-14)25-10-9-24-15;/h6-7,11,13,19H,2-5,8-10,12,18H2,1H3,(H,20,21);1H/t13-;/m0./s1. The molecule has 2 rings (SSSR count). The quantitative estimate of drug-likeness (QED) is 0.488. The van der Waals surface area contributed by atoms with E-state index in [9.17, 15) is 13.2 Å². The van der Waals surface area contributed by atoms with Crippen LogP contribution in [-0.2, 0) is 14.8 Å². The Kier molecular flexibility index (Phi) is 9.86. The second-order valence-electron chi connectivity index (χ2n) is 6.22. The number of unbranched alkanes of at least 4 members (excludes halogenated alkanes) is 2. The van der Waals surface area contributed by atoms with E-state index in [0.29, 0.717) is 57.1 Å². The van der Waals surface area contributed by atoms with Crippen molar-refractivity contribution < 1.29 is 22.7 Å². The first kappa shape index (κ1) is 23.5. The fourth-order valence-corrected chi connectivity index (χ4v) is 3.56. The summed E-state index contributed by atoms with van der Waals surface area (Å²) in [5.74, 6) is 0.967. The molecule has 0 fully saturated rings. The van der Waals surface area contributed by atoms with E-state index in [1.54, 1.807) is 6.07 Å². The molecule has 0 saturated heterocycles. The van der Waals surface area contributed by atoms with Gasteiger partial charge in [0.2, 0.25) is 15.9 Å². The Morgan fingerprint density at radius 2 is 1.89 bits per heavy atom. The van der Waals surface area contributed by atoms with Crippen LogP contribution in [0.25, 0.3) is 0 Å². The number of fused-ring (bicyclic) bond motifs is 1. The molecular formula is C17H28ClN3O5S. The van der Waals surface area contributed by atoms with Gasteiger partial charge in [0.25, 0.3) is 0 Å². The lowest BCUT2D eigenvalue weighted by Gasteiger charge is -2.18. The van der Waals surface area contributed by atoms with Crippen LogP contribution in [0.5, 0.6) is 11.5 Å². The number of carbonyl (C=O) groups excluding carboxylic acids is 1. The average molecular weight is 422 g/mol. The summed E-state index contributed by atoms with van der Waals surface area (Å²) in [5.41, 5.74) is 5.45. The van der Waals surface area contributed by atoms with Crippen molar-refractivity contribution in [1.29, 1.82) is 0 Å². The van der Waals surface area contributed by atoms with E-state index in [-0.39, 0.29) is 29.3 Å². The van der Waals surface area contributed by atoms with Gasteiger partial charge in [0, 0.05) is 31.6 Å². The number of nitrogens with two attached hydrogens (primary N) is 1. The lowest BCUT2D eigenvalue weighted by molar-refractivity contribution is -0.121. The van der Waals surface area contributed by atoms with Crippen molar-refractivity contribution in [3.8, 4) is 11.5 Å². The van der Waals surface area contributed by atoms with Crippen LogP contribution in [0, 0.1) is 0 Å². The molecule has 1 heterocycles. The molecule has 0 bridgehead atoms. The maximum Gasteiger partial charge on any atom is 0.240 e. The number of rotatable bonds is 10. The topological polar surface area (TPSA) is 120 Å². The van der Waals surface area contributed by atoms with Gasteiger partial charge in [0.05, 0.1) is 4.90 Å². The van der Waals surface area contributed by atoms with Crippen LogP contribution in [0.2, 0.25) is 0 Å². The molecular weight excluding hydrogens is 394 g/mol. The molecule has 1 aromatic rings. The maximum absolute atomic E-state index is 12.3. The second kappa shape index (κ2) is 11.3. The van der Waals surface area contributed by atoms with Gasteiger partial charge in [-0.1, -0.05) is 6.42 Å². The first-order valence-corrected chi connectivity index (χ1v) is 10.3. The smallest absolute Gasteiger partial charge is 0.240 e. The molecule has 0 saturated carbocycles. The van der Waals surface area contributed by atoms with Crippen LogP contribution >= 0.6 is 12.4 Å². The number of carbonyl (C=O) groups is 1. The Morgan fingerprint density at radius 1 is 1.19 bits per heavy atom. The zero-order chi connectivity index (χ0) is 19.0. The molecule has 1 aliphatic rings. The molecule has 8 nitrogen and oxygen atoms in total. The largest absolute Gasteiger partial charge is 0.486 e. The van der Waals surface area contributed by atoms with Crippen molar-refractivity contribution in [2.24, 2.45) is 5.73 Å². The minimum absolute atomic E-state index is 0. The Labute approximate surface area is 166 Å². The number of hydrogen-bond donors (Lipinski definition) is 3. The van der Waals surface area contributed by atoms with Gasteiger partial charge >= 0.3 is 0 Å². The molecule has 0 aliphatic carbocycles. The van der Waals surface area contributed by atoms with Gasteiger partial charge < -0.3 is 20.5 Å². The SMILES string of the molecule is C[C@@H](CN)NC(=O)CCCCCNS(=O)(=O)c1ccc2c(c1)OCCO2.Cl. The number of halogens is 1. The van der Waals surface area contributed by atoms with Crippen molar-refractivity contribution in [3.05, 3.63) is 18.2 Å². The molecule has 27 heavy (non-hydrogen) atoms. The van der Waals surface area contributed by atoms with Crippen molar-refractivity contribution in [2.75, 3.05) is 26.3 Å². The van der Waals surface area contributed by atoms with E-state index in [4.69, 9.17) is 15.2 Å². The van der Waals surface area contributed by atoms with Crippen molar-refractivity contribution >= 4 is 28.3 Å². The first-order valence-electron chi connectivity index (χ1n) is 8.81. The van der Waals surface area contributed by atoms with Gasteiger partial charge in [0.1, 0.15) is 13.2 Å². The minimum atomic E-state index is -3.60. The van der Waals surface area contributed by atoms with E-state index in [1.165, 1.54) is 12.1 Å². The molecule has 1 aromatic carbocycles. The second-order valence-corrected chi connectivity index (χ2v) is 7.99. The monoisotopic (exact) mass is 421 g/mol. The van der Waals surface area contributed by atoms with E-state index >= 15 is 0 Å². The van der Waals surface area contributed by atoms with Crippen LogP contribution in [0.4, 0.5) is 0 Å². The highest BCUT2D eigenvalue weighted by Crippen LogP contribution is 2.32. The molecule has 10 heteroatoms. The number of ether oxygens (including phenoxy) is 2. The molecule has 4 N–H and O–H groups in total. The van der Waals surface area contributed by atoms with Gasteiger partial charge in [-0.3, -0.25) is 4.79 Å². The van der Waals surface area contributed by atoms with E-state index in [1.807, 2.05) is 6.92 Å². The third-order valence-corrected chi connectivity index (χ3v) is 5.42. The van der Waals surface area contributed by atoms with Gasteiger partial charge in [-0.2, -0.15) is 0 Å². The molecule has 154 valence electrons. The lowest BCUT2D eigenvalue weighted by Crippen LogP contribution is -2.37. The van der Waals surface area contributed by atoms with Crippen LogP contribution in [0.15, 0.2) is 23.1 Å². The van der Waals surface area contributed by atoms with Gasteiger partial charge in [0.15, 0.2) is 11.5 Å². The first-order chi connectivity index (χ1) is 12.4. The number of hydrogen-bond acceptors (Lipinski definition) is 6. The minimum Gasteiger partial charge on any atom is -0.486 e. The van der Waals surface area contributed by atoms with Crippen molar-refractivity contribution in [3.63, 3.8) is 0 Å². The Morgan fingerprint density at radius 3 is 2.59 bits per heavy atom. The zero-order valence-corrected chi connectivity index (χ0v) is 17.0. The predicted molar refractivity (Wildman–Crippen MR) is 105 cm³/mol. The summed E-state index contributed by atoms with van der Waals surface area (Å²) in [4.78, 5) is 11.8. The summed E-state index contributed by atoms with van der Waals surface area (Å²) in [6, 6.07) is 4.54. The van der Waals surface area contributed by atoms with Crippen LogP contribution < -0.4 is 25.2 Å². The summed E-state index contributed by atoms with van der Waals surface area (Å²) in [5, 5.41) is 2.79. The van der Waals surface area contributed by atoms with E-state index in [0.717, 1.165) is 6.42 Å². The Balaban J connectivity index is 0.00000364. The summed E-state index contributed by atoms with van der Waals surface area (Å²) in [6.45, 7) is 3.44. The lowest BCUT2D eigenvalue weighted by atomic mass is 10.2. The normalized spacial score (nSPS) is 14.1. The summed E-state index contributed by atoms with van der Waals surface area (Å²) >= 11 is 0. The number of nitrogens with one attached hydrogen (secondary N) is 2. The molecule has 1 aliphatic heterocycles. The highest BCUT2D eigenvalue weighted by Gasteiger charge is 2.18. The Hall–Kier alpha value is -1.55. The number of benzene rings is 1. The third kappa shape index (κ3) is 7.53. The molecule has 0 radical (unpaired) electrons. The number of amides is 1. The molecule has 1 atom stereocenters. The fraction of sp³-hybridized carbons (Fsp3) is 0.588. The van der Waals surface area contributed by atoms with E-state index in [2.05, 4.69) is 10.0 Å². The van der Waals surface area contributed by atoms with E-state index < -0.39 is 10.0 Å². The van der Waals surface area contributed by atoms with Crippen LogP contribution in [0.1, 0.15) is 32.6 Å². The summed E-state index contributed by atoms with van der Waals surface area (Å²) < 4.78 is 38.0. The summed E-state index contributed by atoms with van der Waals surface area (Å²) in [7, 11) is -3.60.